The Morgan fingerprint density at radius 1 is 1.62 bits per heavy atom. The Hall–Kier alpha value is -1.62. The number of hydrogen-bond donors (Lipinski definition) is 2. The lowest BCUT2D eigenvalue weighted by atomic mass is 10.1. The van der Waals surface area contributed by atoms with Crippen LogP contribution in [0.4, 0.5) is 11.5 Å². The zero-order valence-electron chi connectivity index (χ0n) is 9.56. The minimum absolute atomic E-state index is 0.0453. The summed E-state index contributed by atoms with van der Waals surface area (Å²) in [6.45, 7) is 2.54. The summed E-state index contributed by atoms with van der Waals surface area (Å²) in [5.74, 6) is 0.591. The van der Waals surface area contributed by atoms with E-state index in [4.69, 9.17) is 10.5 Å². The van der Waals surface area contributed by atoms with Gasteiger partial charge in [0.25, 0.3) is 0 Å². The van der Waals surface area contributed by atoms with E-state index >= 15 is 0 Å². The number of nitrogens with zero attached hydrogens (tertiary/aromatic N) is 1. The maximum atomic E-state index is 11.6. The second-order valence-corrected chi connectivity index (χ2v) is 3.78. The topological polar surface area (TPSA) is 77.2 Å². The van der Waals surface area contributed by atoms with Gasteiger partial charge in [-0.2, -0.15) is 0 Å². The van der Waals surface area contributed by atoms with E-state index in [1.165, 1.54) is 6.20 Å². The number of carbonyl (C=O) groups is 1. The van der Waals surface area contributed by atoms with Crippen LogP contribution in [0.2, 0.25) is 0 Å². The first-order valence-electron chi connectivity index (χ1n) is 5.12. The lowest BCUT2D eigenvalue weighted by Gasteiger charge is -2.10. The minimum atomic E-state index is -0.0453. The number of anilines is 2. The van der Waals surface area contributed by atoms with Crippen LogP contribution in [0.15, 0.2) is 18.3 Å². The maximum Gasteiger partial charge on any atom is 0.224 e. The molecule has 0 aliphatic carbocycles. The molecule has 5 nitrogen and oxygen atoms in total. The number of aromatic nitrogens is 1. The number of amides is 1. The molecule has 0 saturated heterocycles. The Kier molecular flexibility index (Phi) is 4.72. The fourth-order valence-corrected chi connectivity index (χ4v) is 1.35. The van der Waals surface area contributed by atoms with E-state index in [1.54, 1.807) is 19.2 Å². The molecule has 0 bridgehead atoms. The zero-order valence-corrected chi connectivity index (χ0v) is 9.56. The van der Waals surface area contributed by atoms with E-state index in [0.29, 0.717) is 24.5 Å². The molecule has 0 spiro atoms. The van der Waals surface area contributed by atoms with Crippen molar-refractivity contribution in [1.29, 1.82) is 0 Å². The Labute approximate surface area is 95.0 Å². The van der Waals surface area contributed by atoms with Gasteiger partial charge in [-0.05, 0) is 18.1 Å². The molecular formula is C11H17N3O2. The normalized spacial score (nSPS) is 12.1. The average Bonchev–Trinajstić information content (AvgIpc) is 2.21. The Morgan fingerprint density at radius 2 is 2.38 bits per heavy atom. The molecule has 1 heterocycles. The van der Waals surface area contributed by atoms with Gasteiger partial charge in [0.15, 0.2) is 0 Å². The monoisotopic (exact) mass is 223 g/mol. The van der Waals surface area contributed by atoms with E-state index in [9.17, 15) is 4.79 Å². The van der Waals surface area contributed by atoms with Crippen molar-refractivity contribution in [1.82, 2.24) is 4.98 Å². The molecule has 0 aliphatic heterocycles. The lowest BCUT2D eigenvalue weighted by molar-refractivity contribution is -0.117. The number of carbonyl (C=O) groups excluding carboxylic acids is 1. The highest BCUT2D eigenvalue weighted by Gasteiger charge is 2.08. The third kappa shape index (κ3) is 4.27. The van der Waals surface area contributed by atoms with Gasteiger partial charge in [-0.1, -0.05) is 6.92 Å². The first-order chi connectivity index (χ1) is 7.61. The molecule has 0 aliphatic rings. The van der Waals surface area contributed by atoms with E-state index in [-0.39, 0.29) is 11.8 Å². The summed E-state index contributed by atoms with van der Waals surface area (Å²) in [6, 6.07) is 3.37. The van der Waals surface area contributed by atoms with Crippen LogP contribution >= 0.6 is 0 Å². The predicted octanol–water partition coefficient (Wildman–Crippen LogP) is 1.27. The molecular weight excluding hydrogens is 206 g/mol. The van der Waals surface area contributed by atoms with E-state index in [0.717, 1.165) is 0 Å². The van der Waals surface area contributed by atoms with Crippen LogP contribution in [0, 0.1) is 5.92 Å². The number of rotatable bonds is 5. The standard InChI is InChI=1S/C11H17N3O2/c1-8(7-16-2)5-11(15)14-9-3-4-10(12)13-6-9/h3-4,6,8H,5,7H2,1-2H3,(H2,12,13)(H,14,15). The molecule has 5 heteroatoms. The van der Waals surface area contributed by atoms with Gasteiger partial charge < -0.3 is 15.8 Å². The fraction of sp³-hybridized carbons (Fsp3) is 0.455. The van der Waals surface area contributed by atoms with Crippen LogP contribution in [0.1, 0.15) is 13.3 Å². The van der Waals surface area contributed by atoms with Crippen molar-refractivity contribution in [3.8, 4) is 0 Å². The van der Waals surface area contributed by atoms with Gasteiger partial charge in [-0.15, -0.1) is 0 Å². The van der Waals surface area contributed by atoms with Crippen molar-refractivity contribution in [3.05, 3.63) is 18.3 Å². The maximum absolute atomic E-state index is 11.6. The van der Waals surface area contributed by atoms with Gasteiger partial charge in [0.2, 0.25) is 5.91 Å². The van der Waals surface area contributed by atoms with E-state index in [2.05, 4.69) is 10.3 Å². The molecule has 1 aromatic heterocycles. The van der Waals surface area contributed by atoms with Crippen LogP contribution in [0.3, 0.4) is 0 Å². The number of nitrogens with one attached hydrogen (secondary N) is 1. The summed E-state index contributed by atoms with van der Waals surface area (Å²) in [4.78, 5) is 15.4. The van der Waals surface area contributed by atoms with Crippen molar-refractivity contribution < 1.29 is 9.53 Å². The van der Waals surface area contributed by atoms with Gasteiger partial charge in [0, 0.05) is 20.1 Å². The van der Waals surface area contributed by atoms with Gasteiger partial charge in [0.05, 0.1) is 11.9 Å². The van der Waals surface area contributed by atoms with Crippen LogP contribution in [0.5, 0.6) is 0 Å². The van der Waals surface area contributed by atoms with Crippen LogP contribution in [-0.4, -0.2) is 24.6 Å². The van der Waals surface area contributed by atoms with Crippen LogP contribution in [-0.2, 0) is 9.53 Å². The first-order valence-corrected chi connectivity index (χ1v) is 5.12. The van der Waals surface area contributed by atoms with E-state index in [1.807, 2.05) is 6.92 Å². The van der Waals surface area contributed by atoms with Crippen LogP contribution < -0.4 is 11.1 Å². The molecule has 0 fully saturated rings. The molecule has 1 aromatic rings. The molecule has 1 atom stereocenters. The van der Waals surface area contributed by atoms with Crippen molar-refractivity contribution >= 4 is 17.4 Å². The average molecular weight is 223 g/mol. The molecule has 0 radical (unpaired) electrons. The molecule has 1 rings (SSSR count). The predicted molar refractivity (Wildman–Crippen MR) is 62.9 cm³/mol. The third-order valence-corrected chi connectivity index (χ3v) is 2.06. The Morgan fingerprint density at radius 3 is 2.94 bits per heavy atom. The summed E-state index contributed by atoms with van der Waals surface area (Å²) in [5, 5.41) is 2.75. The molecule has 0 aromatic carbocycles. The van der Waals surface area contributed by atoms with Gasteiger partial charge in [-0.25, -0.2) is 4.98 Å². The largest absolute Gasteiger partial charge is 0.384 e. The number of ether oxygens (including phenoxy) is 1. The molecule has 3 N–H and O–H groups in total. The van der Waals surface area contributed by atoms with Crippen molar-refractivity contribution in [2.75, 3.05) is 24.8 Å². The Bertz CT molecular complexity index is 338. The summed E-state index contributed by atoms with van der Waals surface area (Å²) in [6.07, 6.45) is 1.96. The summed E-state index contributed by atoms with van der Waals surface area (Å²) < 4.78 is 4.96. The summed E-state index contributed by atoms with van der Waals surface area (Å²) in [5.41, 5.74) is 6.09. The molecule has 1 amide bonds. The van der Waals surface area contributed by atoms with Crippen molar-refractivity contribution in [3.63, 3.8) is 0 Å². The zero-order chi connectivity index (χ0) is 12.0. The van der Waals surface area contributed by atoms with Crippen molar-refractivity contribution in [2.45, 2.75) is 13.3 Å². The quantitative estimate of drug-likeness (QED) is 0.788. The number of pyridine rings is 1. The third-order valence-electron chi connectivity index (χ3n) is 2.06. The van der Waals surface area contributed by atoms with Gasteiger partial charge in [0.1, 0.15) is 5.82 Å². The Balaban J connectivity index is 2.42. The highest BCUT2D eigenvalue weighted by atomic mass is 16.5. The fourth-order valence-electron chi connectivity index (χ4n) is 1.35. The number of nitrogens with two attached hydrogens (primary N) is 1. The lowest BCUT2D eigenvalue weighted by Crippen LogP contribution is -2.17. The second kappa shape index (κ2) is 6.07. The molecule has 1 unspecified atom stereocenters. The summed E-state index contributed by atoms with van der Waals surface area (Å²) >= 11 is 0. The SMILES string of the molecule is COCC(C)CC(=O)Nc1ccc(N)nc1. The minimum Gasteiger partial charge on any atom is -0.384 e. The number of nitrogen functional groups attached to an aromatic ring is 1. The number of hydrogen-bond acceptors (Lipinski definition) is 4. The number of methoxy groups -OCH3 is 1. The van der Waals surface area contributed by atoms with Gasteiger partial charge in [-0.3, -0.25) is 4.79 Å². The highest BCUT2D eigenvalue weighted by molar-refractivity contribution is 5.90. The second-order valence-electron chi connectivity index (χ2n) is 3.78. The van der Waals surface area contributed by atoms with Crippen molar-refractivity contribution in [2.24, 2.45) is 5.92 Å². The molecule has 88 valence electrons. The first kappa shape index (κ1) is 12.4. The van der Waals surface area contributed by atoms with Crippen LogP contribution in [0.25, 0.3) is 0 Å². The van der Waals surface area contributed by atoms with Gasteiger partial charge >= 0.3 is 0 Å². The highest BCUT2D eigenvalue weighted by Crippen LogP contribution is 2.09. The smallest absolute Gasteiger partial charge is 0.224 e. The van der Waals surface area contributed by atoms with E-state index < -0.39 is 0 Å². The molecule has 0 saturated carbocycles. The summed E-state index contributed by atoms with van der Waals surface area (Å²) in [7, 11) is 1.62. The molecule has 16 heavy (non-hydrogen) atoms.